The molecule has 0 heterocycles. The molecule has 0 radical (unpaired) electrons. The van der Waals surface area contributed by atoms with Crippen molar-refractivity contribution in [2.75, 3.05) is 19.8 Å². The average Bonchev–Trinajstić information content (AvgIpc) is 2.38. The van der Waals surface area contributed by atoms with Gasteiger partial charge < -0.3 is 9.47 Å². The van der Waals surface area contributed by atoms with Crippen molar-refractivity contribution in [2.24, 2.45) is 0 Å². The Bertz CT molecular complexity index is 507. The second kappa shape index (κ2) is 7.49. The summed E-state index contributed by atoms with van der Waals surface area (Å²) in [7, 11) is 0. The molecule has 6 nitrogen and oxygen atoms in total. The quantitative estimate of drug-likeness (QED) is 0.333. The predicted molar refractivity (Wildman–Crippen MR) is 64.4 cm³/mol. The van der Waals surface area contributed by atoms with Gasteiger partial charge in [-0.1, -0.05) is 6.92 Å². The number of nitrogens with zero attached hydrogens (tertiary/aromatic N) is 1. The summed E-state index contributed by atoms with van der Waals surface area (Å²) in [5, 5.41) is 10.5. The Morgan fingerprint density at radius 1 is 1.30 bits per heavy atom. The highest BCUT2D eigenvalue weighted by Gasteiger charge is 2.27. The van der Waals surface area contributed by atoms with E-state index in [9.17, 15) is 23.7 Å². The van der Waals surface area contributed by atoms with E-state index in [2.05, 4.69) is 4.74 Å². The van der Waals surface area contributed by atoms with Gasteiger partial charge in [-0.3, -0.25) is 10.1 Å². The second-order valence-electron chi connectivity index (χ2n) is 3.76. The van der Waals surface area contributed by atoms with Gasteiger partial charge in [0, 0.05) is 12.7 Å². The Morgan fingerprint density at radius 3 is 2.60 bits per heavy atom. The van der Waals surface area contributed by atoms with Crippen LogP contribution in [0.3, 0.4) is 0 Å². The number of benzene rings is 1. The fraction of sp³-hybridized carbons (Fsp3) is 0.417. The highest BCUT2D eigenvalue weighted by Crippen LogP contribution is 2.23. The van der Waals surface area contributed by atoms with Gasteiger partial charge in [-0.15, -0.1) is 0 Å². The number of hydrogen-bond acceptors (Lipinski definition) is 5. The van der Waals surface area contributed by atoms with Crippen molar-refractivity contribution in [3.63, 3.8) is 0 Å². The molecule has 110 valence electrons. The van der Waals surface area contributed by atoms with Crippen LogP contribution in [0.15, 0.2) is 12.1 Å². The van der Waals surface area contributed by atoms with Crippen molar-refractivity contribution >= 4 is 11.7 Å². The molecule has 20 heavy (non-hydrogen) atoms. The fourth-order valence-electron chi connectivity index (χ4n) is 1.38. The van der Waals surface area contributed by atoms with Crippen LogP contribution < -0.4 is 0 Å². The van der Waals surface area contributed by atoms with Crippen molar-refractivity contribution in [2.45, 2.75) is 13.3 Å². The van der Waals surface area contributed by atoms with Crippen LogP contribution >= 0.6 is 0 Å². The lowest BCUT2D eigenvalue weighted by atomic mass is 10.1. The van der Waals surface area contributed by atoms with Crippen molar-refractivity contribution in [3.05, 3.63) is 39.4 Å². The topological polar surface area (TPSA) is 78.7 Å². The summed E-state index contributed by atoms with van der Waals surface area (Å²) in [6, 6.07) is 1.29. The molecule has 0 aliphatic carbocycles. The van der Waals surface area contributed by atoms with E-state index < -0.39 is 33.8 Å². The fourth-order valence-corrected chi connectivity index (χ4v) is 1.38. The maximum atomic E-state index is 13.7. The van der Waals surface area contributed by atoms with Gasteiger partial charge in [0.15, 0.2) is 0 Å². The van der Waals surface area contributed by atoms with Gasteiger partial charge in [-0.05, 0) is 12.5 Å². The largest absolute Gasteiger partial charge is 0.459 e. The summed E-state index contributed by atoms with van der Waals surface area (Å²) >= 11 is 0. The van der Waals surface area contributed by atoms with E-state index in [4.69, 9.17) is 4.74 Å². The van der Waals surface area contributed by atoms with Crippen molar-refractivity contribution in [1.82, 2.24) is 0 Å². The van der Waals surface area contributed by atoms with Crippen molar-refractivity contribution < 1.29 is 28.0 Å². The highest BCUT2D eigenvalue weighted by atomic mass is 19.1. The standard InChI is InChI=1S/C12H13F2NO5/c1-2-5-19-6-7-20-12(16)10-8(13)3-4-9(11(10)14)15(17)18/h3-4H,2,5-7H2,1H3. The smallest absolute Gasteiger partial charge is 0.344 e. The Kier molecular flexibility index (Phi) is 5.98. The molecule has 0 N–H and O–H groups in total. The van der Waals surface area contributed by atoms with E-state index in [-0.39, 0.29) is 13.2 Å². The number of rotatable bonds is 7. The summed E-state index contributed by atoms with van der Waals surface area (Å²) in [5.74, 6) is -4.06. The molecule has 0 saturated carbocycles. The summed E-state index contributed by atoms with van der Waals surface area (Å²) in [6.45, 7) is 2.25. The third kappa shape index (κ3) is 3.95. The molecule has 0 bridgehead atoms. The van der Waals surface area contributed by atoms with Crippen LogP contribution in [0.2, 0.25) is 0 Å². The van der Waals surface area contributed by atoms with Gasteiger partial charge >= 0.3 is 11.7 Å². The zero-order chi connectivity index (χ0) is 15.1. The van der Waals surface area contributed by atoms with Crippen molar-refractivity contribution in [3.8, 4) is 0 Å². The Morgan fingerprint density at radius 2 is 2.00 bits per heavy atom. The third-order valence-corrected chi connectivity index (χ3v) is 2.28. The van der Waals surface area contributed by atoms with Gasteiger partial charge in [0.1, 0.15) is 18.0 Å². The number of nitro groups is 1. The number of carbonyl (C=O) groups excluding carboxylic acids is 1. The monoisotopic (exact) mass is 289 g/mol. The zero-order valence-corrected chi connectivity index (χ0v) is 10.7. The molecular weight excluding hydrogens is 276 g/mol. The number of ether oxygens (including phenoxy) is 2. The van der Waals surface area contributed by atoms with Gasteiger partial charge in [-0.2, -0.15) is 4.39 Å². The Hall–Kier alpha value is -2.09. The van der Waals surface area contributed by atoms with Gasteiger partial charge in [0.05, 0.1) is 11.5 Å². The van der Waals surface area contributed by atoms with E-state index >= 15 is 0 Å². The van der Waals surface area contributed by atoms with Crippen LogP contribution in [0, 0.1) is 21.7 Å². The average molecular weight is 289 g/mol. The first kappa shape index (κ1) is 16.0. The number of carbonyl (C=O) groups is 1. The van der Waals surface area contributed by atoms with Crippen molar-refractivity contribution in [1.29, 1.82) is 0 Å². The SMILES string of the molecule is CCCOCCOC(=O)c1c(F)ccc([N+](=O)[O-])c1F. The molecule has 8 heteroatoms. The number of nitro benzene ring substituents is 1. The van der Waals surface area contributed by atoms with Crippen LogP contribution in [0.25, 0.3) is 0 Å². The molecule has 0 spiro atoms. The zero-order valence-electron chi connectivity index (χ0n) is 10.7. The van der Waals surface area contributed by atoms with Crippen LogP contribution in [-0.2, 0) is 9.47 Å². The van der Waals surface area contributed by atoms with Gasteiger partial charge in [-0.25, -0.2) is 9.18 Å². The summed E-state index contributed by atoms with van der Waals surface area (Å²) in [4.78, 5) is 21.0. The van der Waals surface area contributed by atoms with Gasteiger partial charge in [0.2, 0.25) is 5.82 Å². The minimum absolute atomic E-state index is 0.0811. The van der Waals surface area contributed by atoms with E-state index in [1.807, 2.05) is 6.92 Å². The molecule has 1 rings (SSSR count). The molecule has 1 aromatic rings. The van der Waals surface area contributed by atoms with Crippen LogP contribution in [0.1, 0.15) is 23.7 Å². The maximum absolute atomic E-state index is 13.7. The van der Waals surface area contributed by atoms with E-state index in [1.54, 1.807) is 0 Å². The van der Waals surface area contributed by atoms with E-state index in [0.29, 0.717) is 18.7 Å². The minimum atomic E-state index is -1.55. The summed E-state index contributed by atoms with van der Waals surface area (Å²) < 4.78 is 36.7. The lowest BCUT2D eigenvalue weighted by Gasteiger charge is -2.07. The molecule has 0 aliphatic heterocycles. The number of esters is 1. The highest BCUT2D eigenvalue weighted by molar-refractivity contribution is 5.90. The Balaban J connectivity index is 2.77. The van der Waals surface area contributed by atoms with E-state index in [0.717, 1.165) is 6.42 Å². The first-order chi connectivity index (χ1) is 9.49. The van der Waals surface area contributed by atoms with E-state index in [1.165, 1.54) is 0 Å². The minimum Gasteiger partial charge on any atom is -0.459 e. The summed E-state index contributed by atoms with van der Waals surface area (Å²) in [6.07, 6.45) is 0.780. The molecular formula is C12H13F2NO5. The lowest BCUT2D eigenvalue weighted by Crippen LogP contribution is -2.15. The number of hydrogen-bond donors (Lipinski definition) is 0. The molecule has 0 amide bonds. The molecule has 0 fully saturated rings. The first-order valence-corrected chi connectivity index (χ1v) is 5.86. The molecule has 1 aromatic carbocycles. The van der Waals surface area contributed by atoms with Crippen LogP contribution in [-0.4, -0.2) is 30.7 Å². The molecule has 0 aliphatic rings. The first-order valence-electron chi connectivity index (χ1n) is 5.86. The van der Waals surface area contributed by atoms with Crippen LogP contribution in [0.4, 0.5) is 14.5 Å². The maximum Gasteiger partial charge on any atom is 0.344 e. The second-order valence-corrected chi connectivity index (χ2v) is 3.76. The molecule has 0 atom stereocenters. The van der Waals surface area contributed by atoms with Crippen LogP contribution in [0.5, 0.6) is 0 Å². The predicted octanol–water partition coefficient (Wildman–Crippen LogP) is 2.46. The number of halogens is 2. The third-order valence-electron chi connectivity index (χ3n) is 2.28. The Labute approximate surface area is 113 Å². The molecule has 0 unspecified atom stereocenters. The molecule has 0 aromatic heterocycles. The summed E-state index contributed by atoms with van der Waals surface area (Å²) in [5.41, 5.74) is -2.06. The van der Waals surface area contributed by atoms with Gasteiger partial charge in [0.25, 0.3) is 0 Å². The normalized spacial score (nSPS) is 10.3. The molecule has 0 saturated heterocycles. The lowest BCUT2D eigenvalue weighted by molar-refractivity contribution is -0.387.